The second-order valence-corrected chi connectivity index (χ2v) is 4.05. The maximum absolute atomic E-state index is 4.18. The van der Waals surface area contributed by atoms with E-state index in [2.05, 4.69) is 30.8 Å². The minimum atomic E-state index is 0.0901. The van der Waals surface area contributed by atoms with Gasteiger partial charge >= 0.3 is 0 Å². The highest BCUT2D eigenvalue weighted by Crippen LogP contribution is 2.23. The minimum absolute atomic E-state index is 0.0901. The van der Waals surface area contributed by atoms with E-state index in [1.807, 2.05) is 31.5 Å². The Bertz CT molecular complexity index is 263. The lowest BCUT2D eigenvalue weighted by Gasteiger charge is -2.18. The van der Waals surface area contributed by atoms with Gasteiger partial charge in [0.15, 0.2) is 0 Å². The summed E-state index contributed by atoms with van der Waals surface area (Å²) in [6, 6.07) is 0. The molecule has 0 aromatic rings. The Morgan fingerprint density at radius 1 is 1.21 bits per heavy atom. The first-order valence-corrected chi connectivity index (χ1v) is 4.79. The van der Waals surface area contributed by atoms with Gasteiger partial charge in [-0.15, -0.1) is 0 Å². The molecule has 0 radical (unpaired) electrons. The van der Waals surface area contributed by atoms with Crippen LogP contribution in [0.4, 0.5) is 0 Å². The summed E-state index contributed by atoms with van der Waals surface area (Å²) in [4.78, 5) is 8.20. The van der Waals surface area contributed by atoms with Gasteiger partial charge < -0.3 is 0 Å². The van der Waals surface area contributed by atoms with Crippen LogP contribution in [0, 0.1) is 5.41 Å². The molecule has 0 amide bonds. The van der Waals surface area contributed by atoms with Gasteiger partial charge in [0.05, 0.1) is 0 Å². The maximum Gasteiger partial charge on any atom is 0.0320 e. The lowest BCUT2D eigenvalue weighted by Crippen LogP contribution is -2.10. The van der Waals surface area contributed by atoms with Gasteiger partial charge in [-0.05, 0) is 24.0 Å². The molecule has 0 aliphatic heterocycles. The summed E-state index contributed by atoms with van der Waals surface area (Å²) >= 11 is 0. The van der Waals surface area contributed by atoms with Crippen molar-refractivity contribution in [2.45, 2.75) is 27.7 Å². The van der Waals surface area contributed by atoms with Crippen LogP contribution in [0.25, 0.3) is 0 Å². The first kappa shape index (κ1) is 12.8. The van der Waals surface area contributed by atoms with Gasteiger partial charge in [-0.1, -0.05) is 26.8 Å². The molecule has 0 unspecified atom stereocenters. The average molecular weight is 192 g/mol. The summed E-state index contributed by atoms with van der Waals surface area (Å²) in [5.74, 6) is 0. The van der Waals surface area contributed by atoms with Gasteiger partial charge in [0.25, 0.3) is 0 Å². The summed E-state index contributed by atoms with van der Waals surface area (Å²) in [5.41, 5.74) is 1.22. The molecular weight excluding hydrogens is 172 g/mol. The number of rotatable bonds is 3. The third-order valence-electron chi connectivity index (χ3n) is 1.71. The molecule has 2 nitrogen and oxygen atoms in total. The molecule has 0 aliphatic rings. The minimum Gasteiger partial charge on any atom is -0.296 e. The standard InChI is InChI=1S/C12H20N2/c1-6-7-8-14-10-11(9-13-5)12(2,3)4/h6-10H,1-5H3/b7-6-,11-10-,13-9?,14-8-. The van der Waals surface area contributed by atoms with Crippen LogP contribution in [0.5, 0.6) is 0 Å². The fraction of sp³-hybridized carbons (Fsp3) is 0.500. The van der Waals surface area contributed by atoms with Crippen LogP contribution in [0.1, 0.15) is 27.7 Å². The van der Waals surface area contributed by atoms with Crippen LogP contribution in [0.15, 0.2) is 33.9 Å². The number of allylic oxidation sites excluding steroid dienone is 3. The third-order valence-corrected chi connectivity index (χ3v) is 1.71. The third kappa shape index (κ3) is 5.46. The molecule has 0 N–H and O–H groups in total. The Balaban J connectivity index is 4.66. The Morgan fingerprint density at radius 3 is 2.29 bits per heavy atom. The van der Waals surface area contributed by atoms with Crippen molar-refractivity contribution in [3.8, 4) is 0 Å². The average Bonchev–Trinajstić information content (AvgIpc) is 2.08. The zero-order chi connectivity index (χ0) is 11.0. The molecule has 0 atom stereocenters. The highest BCUT2D eigenvalue weighted by atomic mass is 14.7. The van der Waals surface area contributed by atoms with E-state index in [1.54, 1.807) is 13.3 Å². The van der Waals surface area contributed by atoms with E-state index in [0.29, 0.717) is 0 Å². The Morgan fingerprint density at radius 2 is 1.86 bits per heavy atom. The maximum atomic E-state index is 4.18. The fourth-order valence-electron chi connectivity index (χ4n) is 0.819. The zero-order valence-corrected chi connectivity index (χ0v) is 9.78. The molecule has 0 spiro atoms. The van der Waals surface area contributed by atoms with E-state index in [9.17, 15) is 0 Å². The normalized spacial score (nSPS) is 15.1. The van der Waals surface area contributed by atoms with Gasteiger partial charge in [0.1, 0.15) is 0 Å². The van der Waals surface area contributed by atoms with Crippen molar-refractivity contribution in [1.82, 2.24) is 0 Å². The quantitative estimate of drug-likeness (QED) is 0.613. The van der Waals surface area contributed by atoms with Gasteiger partial charge in [-0.2, -0.15) is 0 Å². The first-order valence-electron chi connectivity index (χ1n) is 4.79. The van der Waals surface area contributed by atoms with Crippen molar-refractivity contribution < 1.29 is 0 Å². The number of hydrogen-bond donors (Lipinski definition) is 0. The van der Waals surface area contributed by atoms with Crippen LogP contribution in [-0.4, -0.2) is 19.5 Å². The summed E-state index contributed by atoms with van der Waals surface area (Å²) in [6.07, 6.45) is 9.33. The van der Waals surface area contributed by atoms with Crippen molar-refractivity contribution in [1.29, 1.82) is 0 Å². The highest BCUT2D eigenvalue weighted by Gasteiger charge is 2.14. The van der Waals surface area contributed by atoms with Crippen molar-refractivity contribution in [3.63, 3.8) is 0 Å². The van der Waals surface area contributed by atoms with E-state index in [1.165, 1.54) is 0 Å². The SMILES string of the molecule is C\C=C/C=N\C=C(\C=NC)C(C)(C)C. The Hall–Kier alpha value is -1.18. The van der Waals surface area contributed by atoms with Crippen molar-refractivity contribution in [3.05, 3.63) is 23.9 Å². The number of aliphatic imine (C=N–C) groups is 2. The molecule has 0 aliphatic carbocycles. The number of nitrogens with zero attached hydrogens (tertiary/aromatic N) is 2. The lowest BCUT2D eigenvalue weighted by atomic mass is 9.88. The molecule has 78 valence electrons. The van der Waals surface area contributed by atoms with Crippen LogP contribution in [-0.2, 0) is 0 Å². The predicted molar refractivity (Wildman–Crippen MR) is 65.3 cm³/mol. The summed E-state index contributed by atoms with van der Waals surface area (Å²) in [6.45, 7) is 8.40. The molecule has 0 rings (SSSR count). The van der Waals surface area contributed by atoms with Gasteiger partial charge in [-0.3, -0.25) is 9.98 Å². The van der Waals surface area contributed by atoms with Crippen LogP contribution >= 0.6 is 0 Å². The first-order chi connectivity index (χ1) is 6.52. The van der Waals surface area contributed by atoms with Crippen molar-refractivity contribution in [2.75, 3.05) is 7.05 Å². The number of hydrogen-bond acceptors (Lipinski definition) is 2. The van der Waals surface area contributed by atoms with E-state index < -0.39 is 0 Å². The molecule has 0 bridgehead atoms. The molecule has 0 aromatic carbocycles. The smallest absolute Gasteiger partial charge is 0.0320 e. The predicted octanol–water partition coefficient (Wildman–Crippen LogP) is 3.26. The molecule has 0 saturated carbocycles. The highest BCUT2D eigenvalue weighted by molar-refractivity contribution is 5.81. The van der Waals surface area contributed by atoms with Crippen LogP contribution in [0.2, 0.25) is 0 Å². The van der Waals surface area contributed by atoms with E-state index in [4.69, 9.17) is 0 Å². The summed E-state index contributed by atoms with van der Waals surface area (Å²) < 4.78 is 0. The monoisotopic (exact) mass is 192 g/mol. The molecule has 0 aromatic heterocycles. The molecule has 2 heteroatoms. The largest absolute Gasteiger partial charge is 0.296 e. The Kier molecular flexibility index (Phi) is 5.77. The second-order valence-electron chi connectivity index (χ2n) is 4.05. The summed E-state index contributed by atoms with van der Waals surface area (Å²) in [7, 11) is 1.77. The lowest BCUT2D eigenvalue weighted by molar-refractivity contribution is 0.525. The summed E-state index contributed by atoms with van der Waals surface area (Å²) in [5, 5.41) is 0. The van der Waals surface area contributed by atoms with Crippen molar-refractivity contribution >= 4 is 12.4 Å². The van der Waals surface area contributed by atoms with Crippen LogP contribution in [0.3, 0.4) is 0 Å². The van der Waals surface area contributed by atoms with Gasteiger partial charge in [-0.25, -0.2) is 0 Å². The van der Waals surface area contributed by atoms with E-state index in [0.717, 1.165) is 5.57 Å². The molecule has 0 heterocycles. The fourth-order valence-corrected chi connectivity index (χ4v) is 0.819. The van der Waals surface area contributed by atoms with Gasteiger partial charge in [0.2, 0.25) is 0 Å². The van der Waals surface area contributed by atoms with E-state index >= 15 is 0 Å². The van der Waals surface area contributed by atoms with Gasteiger partial charge in [0, 0.05) is 25.7 Å². The molecule has 0 fully saturated rings. The molecular formula is C12H20N2. The zero-order valence-electron chi connectivity index (χ0n) is 9.78. The Labute approximate surface area is 87.2 Å². The van der Waals surface area contributed by atoms with Crippen molar-refractivity contribution in [2.24, 2.45) is 15.4 Å². The van der Waals surface area contributed by atoms with Crippen LogP contribution < -0.4 is 0 Å². The second kappa shape index (κ2) is 6.30. The van der Waals surface area contributed by atoms with E-state index in [-0.39, 0.29) is 5.41 Å². The topological polar surface area (TPSA) is 24.7 Å². The molecule has 0 saturated heterocycles. The molecule has 14 heavy (non-hydrogen) atoms.